The molecule has 0 aromatic heterocycles. The van der Waals surface area contributed by atoms with Gasteiger partial charge in [0.05, 0.1) is 7.11 Å². The van der Waals surface area contributed by atoms with Crippen molar-refractivity contribution in [2.75, 3.05) is 7.11 Å². The van der Waals surface area contributed by atoms with Crippen LogP contribution in [0.4, 0.5) is 0 Å². The first kappa shape index (κ1) is 17.1. The van der Waals surface area contributed by atoms with Crippen LogP contribution in [0.25, 0.3) is 0 Å². The summed E-state index contributed by atoms with van der Waals surface area (Å²) in [6, 6.07) is 16.2. The molecule has 0 saturated carbocycles. The second-order valence-electron chi connectivity index (χ2n) is 5.93. The van der Waals surface area contributed by atoms with E-state index in [-0.39, 0.29) is 17.7 Å². The van der Waals surface area contributed by atoms with E-state index in [4.69, 9.17) is 10.5 Å². The van der Waals surface area contributed by atoms with Gasteiger partial charge in [-0.05, 0) is 25.0 Å². The van der Waals surface area contributed by atoms with Gasteiger partial charge in [-0.2, -0.15) is 0 Å². The number of benzene rings is 2. The molecule has 122 valence electrons. The topological polar surface area (TPSA) is 52.3 Å². The molecule has 0 radical (unpaired) electrons. The van der Waals surface area contributed by atoms with E-state index >= 15 is 0 Å². The third-order valence-electron chi connectivity index (χ3n) is 4.25. The SMILES string of the molecule is CCCC(C(N)=O)C(c1ccccc1)c1cc(C)ccc1OC. The summed E-state index contributed by atoms with van der Waals surface area (Å²) < 4.78 is 5.56. The van der Waals surface area contributed by atoms with Crippen molar-refractivity contribution in [3.8, 4) is 5.75 Å². The van der Waals surface area contributed by atoms with Gasteiger partial charge in [-0.25, -0.2) is 0 Å². The van der Waals surface area contributed by atoms with E-state index in [2.05, 4.69) is 25.1 Å². The van der Waals surface area contributed by atoms with Crippen LogP contribution in [-0.4, -0.2) is 13.0 Å². The lowest BCUT2D eigenvalue weighted by atomic mass is 9.77. The monoisotopic (exact) mass is 311 g/mol. The summed E-state index contributed by atoms with van der Waals surface area (Å²) in [7, 11) is 1.66. The minimum absolute atomic E-state index is 0.0940. The number of nitrogens with two attached hydrogens (primary N) is 1. The molecule has 2 atom stereocenters. The van der Waals surface area contributed by atoms with Crippen molar-refractivity contribution in [2.45, 2.75) is 32.6 Å². The fraction of sp³-hybridized carbons (Fsp3) is 0.350. The van der Waals surface area contributed by atoms with Crippen LogP contribution in [0.15, 0.2) is 48.5 Å². The number of methoxy groups -OCH3 is 1. The van der Waals surface area contributed by atoms with Crippen LogP contribution in [0.1, 0.15) is 42.4 Å². The summed E-state index contributed by atoms with van der Waals surface area (Å²) >= 11 is 0. The summed E-state index contributed by atoms with van der Waals surface area (Å²) in [6.07, 6.45) is 1.66. The molecule has 0 aliphatic rings. The summed E-state index contributed by atoms with van der Waals surface area (Å²) in [6.45, 7) is 4.12. The highest BCUT2D eigenvalue weighted by molar-refractivity contribution is 5.79. The second-order valence-corrected chi connectivity index (χ2v) is 5.93. The molecule has 0 bridgehead atoms. The Balaban J connectivity index is 2.62. The highest BCUT2D eigenvalue weighted by Gasteiger charge is 2.30. The van der Waals surface area contributed by atoms with Gasteiger partial charge in [-0.3, -0.25) is 4.79 Å². The van der Waals surface area contributed by atoms with Crippen LogP contribution in [-0.2, 0) is 4.79 Å². The first-order valence-corrected chi connectivity index (χ1v) is 8.07. The molecule has 0 aliphatic carbocycles. The molecule has 23 heavy (non-hydrogen) atoms. The van der Waals surface area contributed by atoms with Crippen LogP contribution in [0.3, 0.4) is 0 Å². The van der Waals surface area contributed by atoms with Crippen molar-refractivity contribution in [2.24, 2.45) is 11.7 Å². The molecule has 0 fully saturated rings. The maximum Gasteiger partial charge on any atom is 0.221 e. The lowest BCUT2D eigenvalue weighted by Crippen LogP contribution is -2.29. The zero-order chi connectivity index (χ0) is 16.8. The zero-order valence-electron chi connectivity index (χ0n) is 14.1. The molecular weight excluding hydrogens is 286 g/mol. The molecule has 0 saturated heterocycles. The van der Waals surface area contributed by atoms with Gasteiger partial charge in [-0.15, -0.1) is 0 Å². The van der Waals surface area contributed by atoms with Crippen molar-refractivity contribution in [1.82, 2.24) is 0 Å². The molecule has 0 heterocycles. The van der Waals surface area contributed by atoms with Crippen LogP contribution >= 0.6 is 0 Å². The zero-order valence-corrected chi connectivity index (χ0v) is 14.1. The third-order valence-corrected chi connectivity index (χ3v) is 4.25. The van der Waals surface area contributed by atoms with E-state index in [1.165, 1.54) is 0 Å². The average molecular weight is 311 g/mol. The number of rotatable bonds is 7. The molecule has 0 aliphatic heterocycles. The van der Waals surface area contributed by atoms with Gasteiger partial charge in [0, 0.05) is 17.4 Å². The number of ether oxygens (including phenoxy) is 1. The number of hydrogen-bond donors (Lipinski definition) is 1. The minimum atomic E-state index is -0.260. The Morgan fingerprint density at radius 1 is 1.17 bits per heavy atom. The van der Waals surface area contributed by atoms with E-state index in [0.717, 1.165) is 35.3 Å². The van der Waals surface area contributed by atoms with Crippen molar-refractivity contribution in [1.29, 1.82) is 0 Å². The molecule has 2 aromatic rings. The van der Waals surface area contributed by atoms with Gasteiger partial charge in [0.25, 0.3) is 0 Å². The maximum atomic E-state index is 12.1. The van der Waals surface area contributed by atoms with Crippen LogP contribution in [0.5, 0.6) is 5.75 Å². The van der Waals surface area contributed by atoms with Gasteiger partial charge < -0.3 is 10.5 Å². The Morgan fingerprint density at radius 2 is 1.87 bits per heavy atom. The van der Waals surface area contributed by atoms with Crippen LogP contribution in [0, 0.1) is 12.8 Å². The molecule has 3 heteroatoms. The number of aryl methyl sites for hydroxylation is 1. The Labute approximate surface area is 138 Å². The lowest BCUT2D eigenvalue weighted by Gasteiger charge is -2.27. The highest BCUT2D eigenvalue weighted by Crippen LogP contribution is 2.39. The first-order valence-electron chi connectivity index (χ1n) is 8.07. The molecule has 1 amide bonds. The molecule has 3 nitrogen and oxygen atoms in total. The number of hydrogen-bond acceptors (Lipinski definition) is 2. The maximum absolute atomic E-state index is 12.1. The van der Waals surface area contributed by atoms with Gasteiger partial charge >= 0.3 is 0 Å². The normalized spacial score (nSPS) is 13.3. The Morgan fingerprint density at radius 3 is 2.43 bits per heavy atom. The third kappa shape index (κ3) is 3.92. The van der Waals surface area contributed by atoms with Gasteiger partial charge in [0.2, 0.25) is 5.91 Å². The Kier molecular flexibility index (Phi) is 5.80. The average Bonchev–Trinajstić information content (AvgIpc) is 2.55. The first-order chi connectivity index (χ1) is 11.1. The summed E-state index contributed by atoms with van der Waals surface area (Å²) in [5.41, 5.74) is 9.00. The molecule has 2 aromatic carbocycles. The van der Waals surface area contributed by atoms with Crippen LogP contribution in [0.2, 0.25) is 0 Å². The molecular formula is C20H25NO2. The Hall–Kier alpha value is -2.29. The predicted molar refractivity (Wildman–Crippen MR) is 93.6 cm³/mol. The number of amides is 1. The summed E-state index contributed by atoms with van der Waals surface area (Å²) in [5.74, 6) is 0.192. The lowest BCUT2D eigenvalue weighted by molar-refractivity contribution is -0.122. The second kappa shape index (κ2) is 7.82. The highest BCUT2D eigenvalue weighted by atomic mass is 16.5. The van der Waals surface area contributed by atoms with E-state index < -0.39 is 0 Å². The Bertz CT molecular complexity index is 652. The van der Waals surface area contributed by atoms with Gasteiger partial charge in [0.1, 0.15) is 5.75 Å². The summed E-state index contributed by atoms with van der Waals surface area (Å²) in [5, 5.41) is 0. The van der Waals surface area contributed by atoms with Crippen molar-refractivity contribution >= 4 is 5.91 Å². The fourth-order valence-corrected chi connectivity index (χ4v) is 3.17. The quantitative estimate of drug-likeness (QED) is 0.839. The van der Waals surface area contributed by atoms with Crippen molar-refractivity contribution in [3.63, 3.8) is 0 Å². The largest absolute Gasteiger partial charge is 0.496 e. The van der Waals surface area contributed by atoms with E-state index in [1.807, 2.05) is 37.3 Å². The molecule has 2 unspecified atom stereocenters. The fourth-order valence-electron chi connectivity index (χ4n) is 3.17. The predicted octanol–water partition coefficient (Wildman–Crippen LogP) is 4.04. The van der Waals surface area contributed by atoms with E-state index in [0.29, 0.717) is 0 Å². The van der Waals surface area contributed by atoms with E-state index in [9.17, 15) is 4.79 Å². The molecule has 2 rings (SSSR count). The minimum Gasteiger partial charge on any atom is -0.496 e. The van der Waals surface area contributed by atoms with Crippen molar-refractivity contribution in [3.05, 3.63) is 65.2 Å². The smallest absolute Gasteiger partial charge is 0.221 e. The summed E-state index contributed by atoms with van der Waals surface area (Å²) in [4.78, 5) is 12.1. The number of carbonyl (C=O) groups excluding carboxylic acids is 1. The van der Waals surface area contributed by atoms with Gasteiger partial charge in [-0.1, -0.05) is 61.4 Å². The molecule has 2 N–H and O–H groups in total. The number of carbonyl (C=O) groups is 1. The van der Waals surface area contributed by atoms with Crippen LogP contribution < -0.4 is 10.5 Å². The number of primary amides is 1. The standard InChI is InChI=1S/C20H25NO2/c1-4-8-16(20(21)22)19(15-9-6-5-7-10-15)17-13-14(2)11-12-18(17)23-3/h5-7,9-13,16,19H,4,8H2,1-3H3,(H2,21,22). The molecule has 0 spiro atoms. The van der Waals surface area contributed by atoms with Gasteiger partial charge in [0.15, 0.2) is 0 Å². The van der Waals surface area contributed by atoms with Crippen molar-refractivity contribution < 1.29 is 9.53 Å². The van der Waals surface area contributed by atoms with E-state index in [1.54, 1.807) is 7.11 Å².